The Balaban J connectivity index is 1.68. The van der Waals surface area contributed by atoms with Gasteiger partial charge in [-0.2, -0.15) is 0 Å². The lowest BCUT2D eigenvalue weighted by Crippen LogP contribution is -2.35. The van der Waals surface area contributed by atoms with Crippen LogP contribution in [0.4, 0.5) is 0 Å². The van der Waals surface area contributed by atoms with E-state index in [4.69, 9.17) is 16.3 Å². The first kappa shape index (κ1) is 20.6. The lowest BCUT2D eigenvalue weighted by molar-refractivity contribution is 0.0944. The fourth-order valence-corrected chi connectivity index (χ4v) is 3.41. The molecule has 0 aliphatic heterocycles. The van der Waals surface area contributed by atoms with Crippen LogP contribution in [0.1, 0.15) is 21.6 Å². The second kappa shape index (κ2) is 8.97. The molecule has 0 fully saturated rings. The predicted molar refractivity (Wildman–Crippen MR) is 119 cm³/mol. The highest BCUT2D eigenvalue weighted by atomic mass is 35.5. The number of hydrogen-bond donors (Lipinski definition) is 1. The molecule has 31 heavy (non-hydrogen) atoms. The van der Waals surface area contributed by atoms with Crippen molar-refractivity contribution in [2.24, 2.45) is 0 Å². The lowest BCUT2D eigenvalue weighted by atomic mass is 10.2. The van der Waals surface area contributed by atoms with Gasteiger partial charge in [0.2, 0.25) is 0 Å². The van der Waals surface area contributed by atoms with Crippen molar-refractivity contribution >= 4 is 28.7 Å². The van der Waals surface area contributed by atoms with Crippen LogP contribution < -0.4 is 15.6 Å². The molecule has 0 spiro atoms. The van der Waals surface area contributed by atoms with Crippen LogP contribution in [0.3, 0.4) is 0 Å². The number of pyridine rings is 1. The molecular weight excluding hydrogens is 416 g/mol. The number of nitrogens with one attached hydrogen (secondary N) is 1. The number of carbonyl (C=O) groups is 1. The number of methoxy groups -OCH3 is 1. The zero-order valence-corrected chi connectivity index (χ0v) is 17.5. The molecule has 2 aromatic carbocycles. The van der Waals surface area contributed by atoms with Gasteiger partial charge in [0, 0.05) is 17.8 Å². The summed E-state index contributed by atoms with van der Waals surface area (Å²) in [4.78, 5) is 34.6. The Bertz CT molecular complexity index is 1300. The fraction of sp³-hybridized carbons (Fsp3) is 0.130. The maximum absolute atomic E-state index is 13.2. The third-order valence-electron chi connectivity index (χ3n) is 4.76. The maximum Gasteiger partial charge on any atom is 0.284 e. The highest BCUT2D eigenvalue weighted by Crippen LogP contribution is 2.14. The minimum Gasteiger partial charge on any atom is -0.497 e. The van der Waals surface area contributed by atoms with Crippen LogP contribution in [-0.4, -0.2) is 27.6 Å². The normalized spacial score (nSPS) is 10.8. The molecule has 0 bridgehead atoms. The summed E-state index contributed by atoms with van der Waals surface area (Å²) in [5, 5.41) is 3.32. The van der Waals surface area contributed by atoms with Crippen LogP contribution in [0.2, 0.25) is 5.02 Å². The number of ether oxygens (including phenoxy) is 1. The predicted octanol–water partition coefficient (Wildman–Crippen LogP) is 3.43. The van der Waals surface area contributed by atoms with Gasteiger partial charge >= 0.3 is 0 Å². The van der Waals surface area contributed by atoms with E-state index >= 15 is 0 Å². The molecule has 0 saturated heterocycles. The number of fused-ring (bicyclic) bond motifs is 1. The Morgan fingerprint density at radius 1 is 1.10 bits per heavy atom. The van der Waals surface area contributed by atoms with Gasteiger partial charge in [-0.05, 0) is 47.5 Å². The highest BCUT2D eigenvalue weighted by molar-refractivity contribution is 6.30. The third-order valence-corrected chi connectivity index (χ3v) is 4.99. The second-order valence-corrected chi connectivity index (χ2v) is 7.29. The van der Waals surface area contributed by atoms with Crippen LogP contribution in [0.25, 0.3) is 11.2 Å². The Kier molecular flexibility index (Phi) is 5.95. The van der Waals surface area contributed by atoms with Crippen LogP contribution in [0.5, 0.6) is 5.75 Å². The van der Waals surface area contributed by atoms with Crippen molar-refractivity contribution in [3.05, 3.63) is 99.1 Å². The molecule has 0 atom stereocenters. The number of carbonyl (C=O) groups excluding carboxylic acids is 1. The van der Waals surface area contributed by atoms with Crippen LogP contribution in [0.15, 0.2) is 71.7 Å². The smallest absolute Gasteiger partial charge is 0.284 e. The molecule has 1 N–H and O–H groups in total. The van der Waals surface area contributed by atoms with E-state index < -0.39 is 11.5 Å². The first-order valence-electron chi connectivity index (χ1n) is 9.56. The number of aromatic nitrogens is 3. The molecule has 8 heteroatoms. The van der Waals surface area contributed by atoms with Gasteiger partial charge in [-0.1, -0.05) is 35.9 Å². The molecule has 156 valence electrons. The quantitative estimate of drug-likeness (QED) is 0.502. The Hall–Kier alpha value is -3.71. The zero-order chi connectivity index (χ0) is 21.8. The van der Waals surface area contributed by atoms with Gasteiger partial charge < -0.3 is 10.1 Å². The van der Waals surface area contributed by atoms with E-state index in [1.165, 1.54) is 4.57 Å². The van der Waals surface area contributed by atoms with Gasteiger partial charge in [-0.15, -0.1) is 0 Å². The van der Waals surface area contributed by atoms with Gasteiger partial charge in [-0.25, -0.2) is 9.97 Å². The van der Waals surface area contributed by atoms with Gasteiger partial charge in [-0.3, -0.25) is 14.2 Å². The molecule has 2 aromatic heterocycles. The summed E-state index contributed by atoms with van der Waals surface area (Å²) < 4.78 is 6.64. The van der Waals surface area contributed by atoms with Gasteiger partial charge in [0.15, 0.2) is 11.3 Å². The van der Waals surface area contributed by atoms with E-state index in [1.54, 1.807) is 43.6 Å². The van der Waals surface area contributed by atoms with Gasteiger partial charge in [0.1, 0.15) is 11.3 Å². The number of nitrogens with zero attached hydrogens (tertiary/aromatic N) is 3. The van der Waals surface area contributed by atoms with Crippen molar-refractivity contribution in [1.82, 2.24) is 19.9 Å². The summed E-state index contributed by atoms with van der Waals surface area (Å²) in [7, 11) is 1.59. The SMILES string of the molecule is COc1ccc(Cn2c(=O)c(C(=O)NCc3cccc(Cl)c3)nc3cccnc32)cc1. The maximum atomic E-state index is 13.2. The fourth-order valence-electron chi connectivity index (χ4n) is 3.20. The lowest BCUT2D eigenvalue weighted by Gasteiger charge is -2.12. The van der Waals surface area contributed by atoms with E-state index in [0.717, 1.165) is 16.9 Å². The second-order valence-electron chi connectivity index (χ2n) is 6.86. The van der Waals surface area contributed by atoms with Crippen molar-refractivity contribution < 1.29 is 9.53 Å². The summed E-state index contributed by atoms with van der Waals surface area (Å²) in [6, 6.07) is 17.9. The first-order valence-corrected chi connectivity index (χ1v) is 9.94. The minimum atomic E-state index is -0.556. The molecule has 4 aromatic rings. The molecule has 1 amide bonds. The number of benzene rings is 2. The summed E-state index contributed by atoms with van der Waals surface area (Å²) in [6.07, 6.45) is 1.59. The van der Waals surface area contributed by atoms with Crippen LogP contribution in [-0.2, 0) is 13.1 Å². The van der Waals surface area contributed by atoms with Crippen molar-refractivity contribution in [2.75, 3.05) is 7.11 Å². The van der Waals surface area contributed by atoms with Crippen LogP contribution in [0, 0.1) is 0 Å². The molecule has 2 heterocycles. The summed E-state index contributed by atoms with van der Waals surface area (Å²) in [5.74, 6) is 0.161. The summed E-state index contributed by atoms with van der Waals surface area (Å²) in [6.45, 7) is 0.470. The van der Waals surface area contributed by atoms with Gasteiger partial charge in [0.25, 0.3) is 11.5 Å². The van der Waals surface area contributed by atoms with E-state index in [1.807, 2.05) is 30.3 Å². The standard InChI is InChI=1S/C23H19ClN4O3/c1-31-18-9-7-15(8-10-18)14-28-21-19(6-3-11-25-21)27-20(23(28)30)22(29)26-13-16-4-2-5-17(24)12-16/h2-12H,13-14H2,1H3,(H,26,29). The van der Waals surface area contributed by atoms with Crippen molar-refractivity contribution in [1.29, 1.82) is 0 Å². The number of halogens is 1. The van der Waals surface area contributed by atoms with Crippen molar-refractivity contribution in [2.45, 2.75) is 13.1 Å². The average Bonchev–Trinajstić information content (AvgIpc) is 2.79. The van der Waals surface area contributed by atoms with E-state index in [-0.39, 0.29) is 18.8 Å². The Labute approximate surface area is 183 Å². The zero-order valence-electron chi connectivity index (χ0n) is 16.7. The monoisotopic (exact) mass is 434 g/mol. The first-order chi connectivity index (χ1) is 15.0. The number of rotatable bonds is 6. The van der Waals surface area contributed by atoms with E-state index in [2.05, 4.69) is 15.3 Å². The number of hydrogen-bond acceptors (Lipinski definition) is 5. The van der Waals surface area contributed by atoms with Crippen molar-refractivity contribution in [3.63, 3.8) is 0 Å². The van der Waals surface area contributed by atoms with Gasteiger partial charge in [0.05, 0.1) is 13.7 Å². The average molecular weight is 435 g/mol. The molecule has 4 rings (SSSR count). The molecule has 0 aliphatic carbocycles. The minimum absolute atomic E-state index is 0.184. The molecular formula is C23H19ClN4O3. The summed E-state index contributed by atoms with van der Waals surface area (Å²) in [5.41, 5.74) is 1.87. The molecule has 0 saturated carbocycles. The summed E-state index contributed by atoms with van der Waals surface area (Å²) >= 11 is 5.99. The van der Waals surface area contributed by atoms with Crippen LogP contribution >= 0.6 is 11.6 Å². The topological polar surface area (TPSA) is 86.1 Å². The molecule has 0 unspecified atom stereocenters. The molecule has 0 aliphatic rings. The number of amides is 1. The van der Waals surface area contributed by atoms with E-state index in [9.17, 15) is 9.59 Å². The third kappa shape index (κ3) is 4.57. The van der Waals surface area contributed by atoms with E-state index in [0.29, 0.717) is 16.2 Å². The molecule has 0 radical (unpaired) electrons. The highest BCUT2D eigenvalue weighted by Gasteiger charge is 2.18. The Morgan fingerprint density at radius 2 is 1.90 bits per heavy atom. The Morgan fingerprint density at radius 3 is 2.65 bits per heavy atom. The molecule has 7 nitrogen and oxygen atoms in total. The largest absolute Gasteiger partial charge is 0.497 e. The van der Waals surface area contributed by atoms with Crippen molar-refractivity contribution in [3.8, 4) is 5.75 Å².